The van der Waals surface area contributed by atoms with Crippen molar-refractivity contribution in [3.05, 3.63) is 48.2 Å². The second-order valence-corrected chi connectivity index (χ2v) is 7.14. The minimum Gasteiger partial charge on any atom is -0.406 e. The Hall–Kier alpha value is -3.01. The molecule has 0 saturated carbocycles. The summed E-state index contributed by atoms with van der Waals surface area (Å²) in [5.41, 5.74) is 7.01. The molecular formula is C20H21F3N4O3. The molecule has 1 aromatic heterocycles. The maximum Gasteiger partial charge on any atom is 0.573 e. The number of urea groups is 1. The Balaban J connectivity index is 1.70. The van der Waals surface area contributed by atoms with Crippen molar-refractivity contribution in [3.8, 4) is 5.75 Å². The number of rotatable bonds is 4. The van der Waals surface area contributed by atoms with Crippen molar-refractivity contribution in [2.24, 2.45) is 5.73 Å². The van der Waals surface area contributed by atoms with E-state index in [2.05, 4.69) is 14.6 Å². The highest BCUT2D eigenvalue weighted by molar-refractivity contribution is 5.94. The number of nitrogens with zero attached hydrogens (tertiary/aromatic N) is 3. The molecule has 30 heavy (non-hydrogen) atoms. The highest BCUT2D eigenvalue weighted by Crippen LogP contribution is 2.41. The smallest absolute Gasteiger partial charge is 0.406 e. The second kappa shape index (κ2) is 8.02. The molecule has 4 rings (SSSR count). The van der Waals surface area contributed by atoms with Crippen molar-refractivity contribution in [2.75, 3.05) is 29.5 Å². The fraction of sp³-hybridized carbons (Fsp3) is 0.400. The van der Waals surface area contributed by atoms with Gasteiger partial charge in [0.15, 0.2) is 5.82 Å². The van der Waals surface area contributed by atoms with Crippen molar-refractivity contribution in [2.45, 2.75) is 31.3 Å². The van der Waals surface area contributed by atoms with E-state index >= 15 is 0 Å². The zero-order valence-corrected chi connectivity index (χ0v) is 16.0. The predicted octanol–water partition coefficient (Wildman–Crippen LogP) is 3.61. The average Bonchev–Trinajstić information content (AvgIpc) is 3.22. The van der Waals surface area contributed by atoms with Gasteiger partial charge in [0, 0.05) is 25.9 Å². The van der Waals surface area contributed by atoms with Gasteiger partial charge in [0.1, 0.15) is 5.75 Å². The number of hydrogen-bond acceptors (Lipinski definition) is 5. The van der Waals surface area contributed by atoms with Gasteiger partial charge in [-0.3, -0.25) is 4.90 Å². The first-order chi connectivity index (χ1) is 14.3. The Morgan fingerprint density at radius 3 is 2.63 bits per heavy atom. The van der Waals surface area contributed by atoms with Gasteiger partial charge >= 0.3 is 12.4 Å². The van der Waals surface area contributed by atoms with E-state index < -0.39 is 12.4 Å². The monoisotopic (exact) mass is 422 g/mol. The first-order valence-electron chi connectivity index (χ1n) is 9.59. The number of aromatic nitrogens is 1. The predicted molar refractivity (Wildman–Crippen MR) is 103 cm³/mol. The number of nitrogens with two attached hydrogens (primary N) is 1. The average molecular weight is 422 g/mol. The van der Waals surface area contributed by atoms with Crippen LogP contribution < -0.4 is 20.3 Å². The fourth-order valence-corrected chi connectivity index (χ4v) is 4.07. The largest absolute Gasteiger partial charge is 0.573 e. The van der Waals surface area contributed by atoms with Gasteiger partial charge in [0.05, 0.1) is 17.8 Å². The van der Waals surface area contributed by atoms with E-state index in [0.717, 1.165) is 24.1 Å². The standard InChI is InChI=1S/C20H21F3N4O3/c21-20(22,23)30-14-7-5-13(6-8-14)17(16-4-2-12-29-16)26-10-11-27(19(24)28)18-15(26)3-1-9-25-18/h1,3,5-9,16-17H,2,4,10-12H2,(H2,24,28). The summed E-state index contributed by atoms with van der Waals surface area (Å²) in [5, 5.41) is 0. The van der Waals surface area contributed by atoms with Crippen LogP contribution >= 0.6 is 0 Å². The van der Waals surface area contributed by atoms with Crippen molar-refractivity contribution >= 4 is 17.5 Å². The van der Waals surface area contributed by atoms with Gasteiger partial charge in [-0.15, -0.1) is 13.2 Å². The molecule has 1 aromatic carbocycles. The molecule has 2 N–H and O–H groups in total. The normalized spacial score (nSPS) is 20.0. The van der Waals surface area contributed by atoms with Crippen LogP contribution in [-0.4, -0.2) is 43.2 Å². The van der Waals surface area contributed by atoms with Gasteiger partial charge in [-0.25, -0.2) is 9.78 Å². The van der Waals surface area contributed by atoms with Crippen molar-refractivity contribution in [1.29, 1.82) is 0 Å². The van der Waals surface area contributed by atoms with Crippen LogP contribution in [0.2, 0.25) is 0 Å². The number of amides is 2. The zero-order valence-electron chi connectivity index (χ0n) is 16.0. The number of primary amides is 1. The highest BCUT2D eigenvalue weighted by atomic mass is 19.4. The molecule has 3 heterocycles. The molecular weight excluding hydrogens is 401 g/mol. The molecule has 160 valence electrons. The van der Waals surface area contributed by atoms with E-state index in [9.17, 15) is 18.0 Å². The maximum absolute atomic E-state index is 12.5. The Morgan fingerprint density at radius 2 is 2.00 bits per heavy atom. The van der Waals surface area contributed by atoms with E-state index in [1.165, 1.54) is 17.0 Å². The SMILES string of the molecule is NC(=O)N1CCN(C(c2ccc(OC(F)(F)F)cc2)C2CCCO2)c2cccnc21. The summed E-state index contributed by atoms with van der Waals surface area (Å²) in [6.07, 6.45) is -1.59. The highest BCUT2D eigenvalue weighted by Gasteiger charge is 2.37. The molecule has 2 atom stereocenters. The summed E-state index contributed by atoms with van der Waals surface area (Å²) < 4.78 is 47.4. The first kappa shape index (κ1) is 20.3. The lowest BCUT2D eigenvalue weighted by atomic mass is 9.96. The van der Waals surface area contributed by atoms with E-state index in [4.69, 9.17) is 10.5 Å². The lowest BCUT2D eigenvalue weighted by Gasteiger charge is -2.42. The number of alkyl halides is 3. The number of hydrogen-bond donors (Lipinski definition) is 1. The molecule has 0 aliphatic carbocycles. The number of halogens is 3. The summed E-state index contributed by atoms with van der Waals surface area (Å²) in [6, 6.07) is 8.60. The topological polar surface area (TPSA) is 80.9 Å². The van der Waals surface area contributed by atoms with Gasteiger partial charge in [-0.05, 0) is 42.7 Å². The zero-order chi connectivity index (χ0) is 21.3. The number of anilines is 2. The third-order valence-corrected chi connectivity index (χ3v) is 5.27. The molecule has 2 aromatic rings. The minimum atomic E-state index is -4.74. The third-order valence-electron chi connectivity index (χ3n) is 5.27. The second-order valence-electron chi connectivity index (χ2n) is 7.14. The lowest BCUT2D eigenvalue weighted by molar-refractivity contribution is -0.274. The molecule has 10 heteroatoms. The lowest BCUT2D eigenvalue weighted by Crippen LogP contribution is -2.49. The van der Waals surface area contributed by atoms with Crippen LogP contribution in [0.5, 0.6) is 5.75 Å². The Labute approximate surface area is 171 Å². The quantitative estimate of drug-likeness (QED) is 0.814. The number of fused-ring (bicyclic) bond motifs is 1. The van der Waals surface area contributed by atoms with Crippen LogP contribution in [-0.2, 0) is 4.74 Å². The first-order valence-corrected chi connectivity index (χ1v) is 9.59. The molecule has 1 fully saturated rings. The van der Waals surface area contributed by atoms with Gasteiger partial charge in [-0.2, -0.15) is 0 Å². The summed E-state index contributed by atoms with van der Waals surface area (Å²) in [5.74, 6) is 0.175. The van der Waals surface area contributed by atoms with E-state index in [-0.39, 0.29) is 17.9 Å². The summed E-state index contributed by atoms with van der Waals surface area (Å²) in [6.45, 7) is 1.45. The van der Waals surface area contributed by atoms with Crippen molar-refractivity contribution in [3.63, 3.8) is 0 Å². The van der Waals surface area contributed by atoms with Crippen molar-refractivity contribution in [1.82, 2.24) is 4.98 Å². The molecule has 0 spiro atoms. The molecule has 0 bridgehead atoms. The van der Waals surface area contributed by atoms with Crippen LogP contribution in [0.25, 0.3) is 0 Å². The number of pyridine rings is 1. The molecule has 2 aliphatic heterocycles. The maximum atomic E-state index is 12.5. The number of ether oxygens (including phenoxy) is 2. The molecule has 2 amide bonds. The Kier molecular flexibility index (Phi) is 5.42. The number of carbonyl (C=O) groups is 1. The summed E-state index contributed by atoms with van der Waals surface area (Å²) >= 11 is 0. The molecule has 2 aliphatic rings. The van der Waals surface area contributed by atoms with Crippen LogP contribution in [0.3, 0.4) is 0 Å². The number of benzene rings is 1. The molecule has 2 unspecified atom stereocenters. The van der Waals surface area contributed by atoms with Crippen LogP contribution in [0.4, 0.5) is 29.5 Å². The van der Waals surface area contributed by atoms with E-state index in [1.54, 1.807) is 24.4 Å². The number of carbonyl (C=O) groups excluding carboxylic acids is 1. The molecule has 0 radical (unpaired) electrons. The fourth-order valence-electron chi connectivity index (χ4n) is 4.07. The summed E-state index contributed by atoms with van der Waals surface area (Å²) in [7, 11) is 0. The molecule has 7 nitrogen and oxygen atoms in total. The van der Waals surface area contributed by atoms with Gasteiger partial charge in [0.2, 0.25) is 0 Å². The van der Waals surface area contributed by atoms with E-state index in [0.29, 0.717) is 25.5 Å². The van der Waals surface area contributed by atoms with Gasteiger partial charge in [-0.1, -0.05) is 12.1 Å². The Bertz CT molecular complexity index is 901. The molecule has 1 saturated heterocycles. The van der Waals surface area contributed by atoms with Crippen LogP contribution in [0.1, 0.15) is 24.4 Å². The minimum absolute atomic E-state index is 0.146. The van der Waals surface area contributed by atoms with Gasteiger partial charge in [0.25, 0.3) is 0 Å². The van der Waals surface area contributed by atoms with E-state index in [1.807, 2.05) is 6.07 Å². The third kappa shape index (κ3) is 4.13. The van der Waals surface area contributed by atoms with Crippen LogP contribution in [0.15, 0.2) is 42.6 Å². The van der Waals surface area contributed by atoms with Crippen molar-refractivity contribution < 1.29 is 27.4 Å². The van der Waals surface area contributed by atoms with Crippen LogP contribution in [0, 0.1) is 0 Å². The van der Waals surface area contributed by atoms with Gasteiger partial charge < -0.3 is 20.1 Å². The summed E-state index contributed by atoms with van der Waals surface area (Å²) in [4.78, 5) is 19.7. The Morgan fingerprint density at radius 1 is 1.23 bits per heavy atom.